The fourth-order valence-electron chi connectivity index (χ4n) is 1.93. The molecule has 0 fully saturated rings. The average molecular weight is 248 g/mol. The van der Waals surface area contributed by atoms with Gasteiger partial charge in [-0.25, -0.2) is 4.98 Å². The molecule has 0 spiro atoms. The predicted molar refractivity (Wildman–Crippen MR) is 68.8 cm³/mol. The molecule has 0 bridgehead atoms. The van der Waals surface area contributed by atoms with Gasteiger partial charge in [0.15, 0.2) is 0 Å². The second-order valence-corrected chi connectivity index (χ2v) is 4.59. The Kier molecular flexibility index (Phi) is 4.09. The van der Waals surface area contributed by atoms with E-state index in [0.717, 1.165) is 43.3 Å². The zero-order valence-electron chi connectivity index (χ0n) is 11.2. The van der Waals surface area contributed by atoms with Gasteiger partial charge in [0.2, 0.25) is 0 Å². The number of aromatic amines is 1. The van der Waals surface area contributed by atoms with E-state index in [2.05, 4.69) is 43.6 Å². The van der Waals surface area contributed by atoms with Crippen LogP contribution in [-0.4, -0.2) is 36.7 Å². The summed E-state index contributed by atoms with van der Waals surface area (Å²) in [6.07, 6.45) is 4.62. The summed E-state index contributed by atoms with van der Waals surface area (Å²) in [5, 5.41) is 8.14. The number of imidazole rings is 1. The molecule has 98 valence electrons. The summed E-state index contributed by atoms with van der Waals surface area (Å²) < 4.78 is 2.11. The third-order valence-corrected chi connectivity index (χ3v) is 2.93. The normalized spacial score (nSPS) is 11.3. The van der Waals surface area contributed by atoms with Gasteiger partial charge in [-0.05, 0) is 20.4 Å². The molecule has 0 aliphatic rings. The zero-order chi connectivity index (χ0) is 13.0. The summed E-state index contributed by atoms with van der Waals surface area (Å²) in [6, 6.07) is 0. The van der Waals surface area contributed by atoms with Crippen molar-refractivity contribution in [3.8, 4) is 0 Å². The van der Waals surface area contributed by atoms with Crippen molar-refractivity contribution in [1.82, 2.24) is 29.6 Å². The van der Waals surface area contributed by atoms with Gasteiger partial charge in [-0.1, -0.05) is 6.92 Å². The number of aryl methyl sites for hydroxylation is 2. The largest absolute Gasteiger partial charge is 0.348 e. The van der Waals surface area contributed by atoms with Gasteiger partial charge in [0, 0.05) is 18.8 Å². The van der Waals surface area contributed by atoms with Crippen molar-refractivity contribution < 1.29 is 0 Å². The minimum atomic E-state index is 0.784. The fourth-order valence-corrected chi connectivity index (χ4v) is 1.93. The van der Waals surface area contributed by atoms with Crippen LogP contribution in [0.25, 0.3) is 0 Å². The first-order chi connectivity index (χ1) is 8.70. The summed E-state index contributed by atoms with van der Waals surface area (Å²) >= 11 is 0. The van der Waals surface area contributed by atoms with E-state index in [1.54, 1.807) is 12.7 Å². The second kappa shape index (κ2) is 5.77. The lowest BCUT2D eigenvalue weighted by Gasteiger charge is -2.15. The molecule has 2 rings (SSSR count). The summed E-state index contributed by atoms with van der Waals surface area (Å²) in [6.45, 7) is 6.76. The third kappa shape index (κ3) is 2.95. The van der Waals surface area contributed by atoms with Crippen LogP contribution in [0, 0.1) is 6.92 Å². The van der Waals surface area contributed by atoms with Gasteiger partial charge in [-0.3, -0.25) is 4.90 Å². The molecule has 0 radical (unpaired) electrons. The summed E-state index contributed by atoms with van der Waals surface area (Å²) in [5.74, 6) is 1.01. The Morgan fingerprint density at radius 3 is 2.89 bits per heavy atom. The molecule has 2 aromatic heterocycles. The van der Waals surface area contributed by atoms with E-state index >= 15 is 0 Å². The number of hydrogen-bond donors (Lipinski definition) is 1. The van der Waals surface area contributed by atoms with E-state index in [-0.39, 0.29) is 0 Å². The lowest BCUT2D eigenvalue weighted by Crippen LogP contribution is -2.20. The smallest absolute Gasteiger partial charge is 0.147 e. The van der Waals surface area contributed by atoms with E-state index in [9.17, 15) is 0 Å². The minimum absolute atomic E-state index is 0.784. The number of H-pyrrole nitrogens is 1. The Labute approximate surface area is 107 Å². The molecule has 0 aliphatic carbocycles. The molecular weight excluding hydrogens is 228 g/mol. The highest BCUT2D eigenvalue weighted by Crippen LogP contribution is 2.07. The van der Waals surface area contributed by atoms with Gasteiger partial charge >= 0.3 is 0 Å². The Morgan fingerprint density at radius 1 is 1.39 bits per heavy atom. The van der Waals surface area contributed by atoms with Gasteiger partial charge in [0.25, 0.3) is 0 Å². The summed E-state index contributed by atoms with van der Waals surface area (Å²) in [4.78, 5) is 9.59. The van der Waals surface area contributed by atoms with Gasteiger partial charge < -0.3 is 9.55 Å². The molecule has 0 aliphatic heterocycles. The Morgan fingerprint density at radius 2 is 2.22 bits per heavy atom. The quantitative estimate of drug-likeness (QED) is 0.838. The number of nitrogens with one attached hydrogen (secondary N) is 1. The molecule has 2 aromatic rings. The highest BCUT2D eigenvalue weighted by molar-refractivity contribution is 5.08. The summed E-state index contributed by atoms with van der Waals surface area (Å²) in [7, 11) is 2.07. The monoisotopic (exact) mass is 248 g/mol. The fraction of sp³-hybridized carbons (Fsp3) is 0.583. The van der Waals surface area contributed by atoms with Crippen molar-refractivity contribution in [3.05, 3.63) is 29.9 Å². The molecular formula is C12H20N6. The van der Waals surface area contributed by atoms with E-state index in [1.165, 1.54) is 0 Å². The van der Waals surface area contributed by atoms with Crippen LogP contribution in [0.1, 0.15) is 30.6 Å². The van der Waals surface area contributed by atoms with Crippen LogP contribution in [0.15, 0.2) is 12.7 Å². The number of nitrogens with zero attached hydrogens (tertiary/aromatic N) is 5. The first-order valence-corrected chi connectivity index (χ1v) is 6.24. The third-order valence-electron chi connectivity index (χ3n) is 2.93. The highest BCUT2D eigenvalue weighted by Gasteiger charge is 2.10. The molecule has 0 saturated heterocycles. The van der Waals surface area contributed by atoms with Gasteiger partial charge in [-0.2, -0.15) is 0 Å². The van der Waals surface area contributed by atoms with Crippen molar-refractivity contribution in [2.45, 2.75) is 39.9 Å². The number of hydrogen-bond acceptors (Lipinski definition) is 4. The second-order valence-electron chi connectivity index (χ2n) is 4.59. The number of rotatable bonds is 6. The molecule has 0 saturated carbocycles. The van der Waals surface area contributed by atoms with E-state index in [0.29, 0.717) is 0 Å². The van der Waals surface area contributed by atoms with E-state index in [4.69, 9.17) is 0 Å². The maximum atomic E-state index is 4.30. The molecule has 0 amide bonds. The molecule has 0 atom stereocenters. The zero-order valence-corrected chi connectivity index (χ0v) is 11.2. The lowest BCUT2D eigenvalue weighted by molar-refractivity contribution is 0.300. The number of aromatic nitrogens is 5. The van der Waals surface area contributed by atoms with Crippen molar-refractivity contribution in [2.75, 3.05) is 7.05 Å². The Bertz CT molecular complexity index is 486. The molecule has 0 aromatic carbocycles. The van der Waals surface area contributed by atoms with Crippen molar-refractivity contribution in [3.63, 3.8) is 0 Å². The molecule has 2 heterocycles. The first-order valence-electron chi connectivity index (χ1n) is 6.24. The van der Waals surface area contributed by atoms with Crippen molar-refractivity contribution in [2.24, 2.45) is 0 Å². The molecule has 6 heteroatoms. The van der Waals surface area contributed by atoms with Crippen LogP contribution >= 0.6 is 0 Å². The topological polar surface area (TPSA) is 62.6 Å². The Hall–Kier alpha value is -1.69. The molecule has 6 nitrogen and oxygen atoms in total. The average Bonchev–Trinajstić information content (AvgIpc) is 2.91. The highest BCUT2D eigenvalue weighted by atomic mass is 15.3. The van der Waals surface area contributed by atoms with Gasteiger partial charge in [0.1, 0.15) is 12.2 Å². The standard InChI is InChI=1S/C12H20N6/c1-4-5-18-9-15-16-12(18)7-17(3)6-11-10(2)13-8-14-11/h8-9H,4-7H2,1-3H3,(H,13,14). The van der Waals surface area contributed by atoms with Crippen LogP contribution in [0.2, 0.25) is 0 Å². The lowest BCUT2D eigenvalue weighted by atomic mass is 10.3. The van der Waals surface area contributed by atoms with Gasteiger partial charge in [-0.15, -0.1) is 10.2 Å². The summed E-state index contributed by atoms with van der Waals surface area (Å²) in [5.41, 5.74) is 2.20. The van der Waals surface area contributed by atoms with E-state index < -0.39 is 0 Å². The van der Waals surface area contributed by atoms with Crippen LogP contribution in [0.4, 0.5) is 0 Å². The Balaban J connectivity index is 1.96. The minimum Gasteiger partial charge on any atom is -0.348 e. The molecule has 1 N–H and O–H groups in total. The van der Waals surface area contributed by atoms with Crippen molar-refractivity contribution in [1.29, 1.82) is 0 Å². The van der Waals surface area contributed by atoms with Crippen LogP contribution in [0.3, 0.4) is 0 Å². The maximum Gasteiger partial charge on any atom is 0.147 e. The van der Waals surface area contributed by atoms with Crippen LogP contribution < -0.4 is 0 Å². The molecule has 18 heavy (non-hydrogen) atoms. The maximum absolute atomic E-state index is 4.30. The SMILES string of the molecule is CCCn1cnnc1CN(C)Cc1nc[nH]c1C. The van der Waals surface area contributed by atoms with Crippen LogP contribution in [0.5, 0.6) is 0 Å². The predicted octanol–water partition coefficient (Wildman–Crippen LogP) is 1.35. The van der Waals surface area contributed by atoms with Crippen molar-refractivity contribution >= 4 is 0 Å². The molecule has 0 unspecified atom stereocenters. The van der Waals surface area contributed by atoms with Crippen LogP contribution in [-0.2, 0) is 19.6 Å². The van der Waals surface area contributed by atoms with Gasteiger partial charge in [0.05, 0.1) is 18.6 Å². The van der Waals surface area contributed by atoms with E-state index in [1.807, 2.05) is 6.92 Å². The first kappa shape index (κ1) is 12.8.